The molecule has 0 aliphatic carbocycles. The molecular formula is C14H11ClF3N. The predicted octanol–water partition coefficient (Wildman–Crippen LogP) is 4.11. The average molecular weight is 286 g/mol. The van der Waals surface area contributed by atoms with Crippen LogP contribution in [-0.4, -0.2) is 0 Å². The van der Waals surface area contributed by atoms with Crippen LogP contribution in [0.3, 0.4) is 0 Å². The Balaban J connectivity index is 2.49. The van der Waals surface area contributed by atoms with Crippen molar-refractivity contribution in [2.75, 3.05) is 0 Å². The molecule has 0 heterocycles. The number of benzene rings is 2. The summed E-state index contributed by atoms with van der Waals surface area (Å²) < 4.78 is 40.4. The molecule has 0 spiro atoms. The molecular weight excluding hydrogens is 275 g/mol. The average Bonchev–Trinajstić information content (AvgIpc) is 2.31. The molecule has 1 atom stereocenters. The fourth-order valence-corrected chi connectivity index (χ4v) is 2.05. The molecule has 0 radical (unpaired) electrons. The first-order valence-electron chi connectivity index (χ1n) is 5.55. The van der Waals surface area contributed by atoms with Gasteiger partial charge in [0.2, 0.25) is 0 Å². The van der Waals surface area contributed by atoms with Crippen LogP contribution in [0.4, 0.5) is 13.2 Å². The standard InChI is InChI=1S/C14H11ClF3N/c1-7-2-8(4-9(16)3-7)14(19)10-5-13(18)11(15)6-12(10)17/h2-6,14H,19H2,1H3. The lowest BCUT2D eigenvalue weighted by molar-refractivity contribution is 0.575. The van der Waals surface area contributed by atoms with Crippen molar-refractivity contribution >= 4 is 11.6 Å². The molecule has 0 fully saturated rings. The van der Waals surface area contributed by atoms with Crippen LogP contribution in [0.15, 0.2) is 30.3 Å². The van der Waals surface area contributed by atoms with E-state index in [0.29, 0.717) is 11.1 Å². The highest BCUT2D eigenvalue weighted by Crippen LogP contribution is 2.27. The van der Waals surface area contributed by atoms with Gasteiger partial charge in [0.25, 0.3) is 0 Å². The Morgan fingerprint density at radius 2 is 1.68 bits per heavy atom. The Labute approximate surface area is 113 Å². The Kier molecular flexibility index (Phi) is 3.83. The topological polar surface area (TPSA) is 26.0 Å². The van der Waals surface area contributed by atoms with Crippen LogP contribution in [0.1, 0.15) is 22.7 Å². The Morgan fingerprint density at radius 1 is 1.00 bits per heavy atom. The van der Waals surface area contributed by atoms with Crippen LogP contribution < -0.4 is 5.73 Å². The van der Waals surface area contributed by atoms with Crippen molar-refractivity contribution in [3.05, 3.63) is 69.5 Å². The van der Waals surface area contributed by atoms with Gasteiger partial charge in [-0.2, -0.15) is 0 Å². The molecule has 2 aromatic rings. The van der Waals surface area contributed by atoms with E-state index in [1.54, 1.807) is 13.0 Å². The van der Waals surface area contributed by atoms with Crippen molar-refractivity contribution in [3.63, 3.8) is 0 Å². The van der Waals surface area contributed by atoms with Gasteiger partial charge in [0, 0.05) is 5.56 Å². The number of halogens is 4. The van der Waals surface area contributed by atoms with E-state index in [0.717, 1.165) is 12.1 Å². The van der Waals surface area contributed by atoms with Crippen LogP contribution >= 0.6 is 11.6 Å². The number of hydrogen-bond donors (Lipinski definition) is 1. The number of rotatable bonds is 2. The van der Waals surface area contributed by atoms with Gasteiger partial charge >= 0.3 is 0 Å². The SMILES string of the molecule is Cc1cc(F)cc(C(N)c2cc(F)c(Cl)cc2F)c1. The summed E-state index contributed by atoms with van der Waals surface area (Å²) in [7, 11) is 0. The number of hydrogen-bond acceptors (Lipinski definition) is 1. The molecule has 0 saturated carbocycles. The van der Waals surface area contributed by atoms with Crippen molar-refractivity contribution in [2.24, 2.45) is 5.73 Å². The maximum absolute atomic E-state index is 13.7. The zero-order valence-corrected chi connectivity index (χ0v) is 10.8. The van der Waals surface area contributed by atoms with E-state index < -0.39 is 23.5 Å². The molecule has 19 heavy (non-hydrogen) atoms. The lowest BCUT2D eigenvalue weighted by Crippen LogP contribution is -2.14. The maximum Gasteiger partial charge on any atom is 0.142 e. The third kappa shape index (κ3) is 2.91. The minimum Gasteiger partial charge on any atom is -0.320 e. The van der Waals surface area contributed by atoms with E-state index in [9.17, 15) is 13.2 Å². The molecule has 1 unspecified atom stereocenters. The second kappa shape index (κ2) is 5.23. The summed E-state index contributed by atoms with van der Waals surface area (Å²) in [6, 6.07) is 4.99. The van der Waals surface area contributed by atoms with Gasteiger partial charge in [-0.3, -0.25) is 0 Å². The smallest absolute Gasteiger partial charge is 0.142 e. The fraction of sp³-hybridized carbons (Fsp3) is 0.143. The monoisotopic (exact) mass is 285 g/mol. The first-order chi connectivity index (χ1) is 8.88. The summed E-state index contributed by atoms with van der Waals surface area (Å²) in [6.07, 6.45) is 0. The Bertz CT molecular complexity index is 608. The highest BCUT2D eigenvalue weighted by Gasteiger charge is 2.17. The molecule has 0 aliphatic heterocycles. The summed E-state index contributed by atoms with van der Waals surface area (Å²) in [6.45, 7) is 1.69. The largest absolute Gasteiger partial charge is 0.320 e. The molecule has 1 nitrogen and oxygen atoms in total. The van der Waals surface area contributed by atoms with Gasteiger partial charge in [0.15, 0.2) is 0 Å². The molecule has 100 valence electrons. The van der Waals surface area contributed by atoms with E-state index in [1.165, 1.54) is 12.1 Å². The van der Waals surface area contributed by atoms with Gasteiger partial charge < -0.3 is 5.73 Å². The lowest BCUT2D eigenvalue weighted by Gasteiger charge is -2.15. The summed E-state index contributed by atoms with van der Waals surface area (Å²) in [5.41, 5.74) is 6.82. The minimum atomic E-state index is -0.957. The van der Waals surface area contributed by atoms with E-state index >= 15 is 0 Å². The third-order valence-electron chi connectivity index (χ3n) is 2.80. The van der Waals surface area contributed by atoms with Gasteiger partial charge in [-0.15, -0.1) is 0 Å². The minimum absolute atomic E-state index is 0.0631. The molecule has 0 bridgehead atoms. The second-order valence-corrected chi connectivity index (χ2v) is 4.73. The zero-order valence-electron chi connectivity index (χ0n) is 10.1. The van der Waals surface area contributed by atoms with Gasteiger partial charge in [0.1, 0.15) is 17.5 Å². The lowest BCUT2D eigenvalue weighted by atomic mass is 9.97. The molecule has 5 heteroatoms. The van der Waals surface area contributed by atoms with E-state index in [-0.39, 0.29) is 10.6 Å². The normalized spacial score (nSPS) is 12.5. The van der Waals surface area contributed by atoms with Crippen LogP contribution in [0.25, 0.3) is 0 Å². The highest BCUT2D eigenvalue weighted by atomic mass is 35.5. The molecule has 0 saturated heterocycles. The summed E-state index contributed by atoms with van der Waals surface area (Å²) in [5.74, 6) is -1.96. The van der Waals surface area contributed by atoms with Crippen molar-refractivity contribution < 1.29 is 13.2 Å². The molecule has 2 N–H and O–H groups in total. The first-order valence-corrected chi connectivity index (χ1v) is 5.93. The molecule has 2 rings (SSSR count). The maximum atomic E-state index is 13.7. The van der Waals surface area contributed by atoms with E-state index in [1.807, 2.05) is 0 Å². The van der Waals surface area contributed by atoms with Crippen molar-refractivity contribution in [2.45, 2.75) is 13.0 Å². The number of nitrogens with two attached hydrogens (primary N) is 1. The third-order valence-corrected chi connectivity index (χ3v) is 3.09. The quantitative estimate of drug-likeness (QED) is 0.826. The van der Waals surface area contributed by atoms with Gasteiger partial charge in [-0.1, -0.05) is 17.7 Å². The van der Waals surface area contributed by atoms with Crippen LogP contribution in [0, 0.1) is 24.4 Å². The van der Waals surface area contributed by atoms with Gasteiger partial charge in [0.05, 0.1) is 11.1 Å². The Hall–Kier alpha value is -1.52. The van der Waals surface area contributed by atoms with Crippen molar-refractivity contribution in [1.82, 2.24) is 0 Å². The molecule has 0 aliphatic rings. The Morgan fingerprint density at radius 3 is 2.32 bits per heavy atom. The molecule has 2 aromatic carbocycles. The first kappa shape index (κ1) is 13.9. The highest BCUT2D eigenvalue weighted by molar-refractivity contribution is 6.30. The second-order valence-electron chi connectivity index (χ2n) is 4.33. The van der Waals surface area contributed by atoms with Crippen LogP contribution in [0.5, 0.6) is 0 Å². The summed E-state index contributed by atoms with van der Waals surface area (Å²) in [4.78, 5) is 0. The summed E-state index contributed by atoms with van der Waals surface area (Å²) >= 11 is 5.47. The van der Waals surface area contributed by atoms with Crippen molar-refractivity contribution in [3.8, 4) is 0 Å². The van der Waals surface area contributed by atoms with Crippen LogP contribution in [0.2, 0.25) is 5.02 Å². The van der Waals surface area contributed by atoms with Gasteiger partial charge in [-0.25, -0.2) is 13.2 Å². The molecule has 0 amide bonds. The fourth-order valence-electron chi connectivity index (χ4n) is 1.90. The number of aryl methyl sites for hydroxylation is 1. The zero-order chi connectivity index (χ0) is 14.2. The predicted molar refractivity (Wildman–Crippen MR) is 68.5 cm³/mol. The summed E-state index contributed by atoms with van der Waals surface area (Å²) in [5, 5.41) is -0.316. The molecule has 0 aromatic heterocycles. The van der Waals surface area contributed by atoms with Gasteiger partial charge in [-0.05, 0) is 42.3 Å². The van der Waals surface area contributed by atoms with E-state index in [4.69, 9.17) is 17.3 Å². The van der Waals surface area contributed by atoms with Crippen molar-refractivity contribution in [1.29, 1.82) is 0 Å². The van der Waals surface area contributed by atoms with Crippen LogP contribution in [-0.2, 0) is 0 Å². The van der Waals surface area contributed by atoms with E-state index in [2.05, 4.69) is 0 Å².